The minimum Gasteiger partial charge on any atom is -0.504 e. The van der Waals surface area contributed by atoms with Crippen molar-refractivity contribution in [2.24, 2.45) is 0 Å². The van der Waals surface area contributed by atoms with E-state index in [1.54, 1.807) is 6.07 Å². The minimum atomic E-state index is 0.192. The molecule has 0 radical (unpaired) electrons. The fourth-order valence-corrected chi connectivity index (χ4v) is 2.45. The molecule has 1 aliphatic carbocycles. The quantitative estimate of drug-likeness (QED) is 0.851. The second kappa shape index (κ2) is 6.60. The van der Waals surface area contributed by atoms with Crippen molar-refractivity contribution in [3.05, 3.63) is 23.8 Å². The van der Waals surface area contributed by atoms with Gasteiger partial charge in [-0.3, -0.25) is 4.79 Å². The Balaban J connectivity index is 1.99. The van der Waals surface area contributed by atoms with E-state index in [4.69, 9.17) is 4.74 Å². The van der Waals surface area contributed by atoms with Crippen molar-refractivity contribution in [3.63, 3.8) is 0 Å². The van der Waals surface area contributed by atoms with Crippen molar-refractivity contribution in [2.75, 3.05) is 0 Å². The van der Waals surface area contributed by atoms with E-state index >= 15 is 0 Å². The van der Waals surface area contributed by atoms with Crippen molar-refractivity contribution in [1.82, 2.24) is 0 Å². The first-order valence-corrected chi connectivity index (χ1v) is 7.19. The van der Waals surface area contributed by atoms with Crippen molar-refractivity contribution in [2.45, 2.75) is 58.0 Å². The van der Waals surface area contributed by atoms with Gasteiger partial charge in [-0.15, -0.1) is 0 Å². The van der Waals surface area contributed by atoms with Gasteiger partial charge >= 0.3 is 0 Å². The van der Waals surface area contributed by atoms with Crippen molar-refractivity contribution in [3.8, 4) is 11.5 Å². The summed E-state index contributed by atoms with van der Waals surface area (Å²) in [5.41, 5.74) is 1.05. The SMILES string of the molecule is CCC(=O)CCc1ccc(O)c(OC2CCCC2)c1. The number of ketones is 1. The highest BCUT2D eigenvalue weighted by Crippen LogP contribution is 2.31. The Bertz CT molecular complexity index is 434. The molecule has 0 aliphatic heterocycles. The standard InChI is InChI=1S/C16H22O3/c1-2-13(17)9-7-12-8-10-15(18)16(11-12)19-14-5-3-4-6-14/h8,10-11,14,18H,2-7,9H2,1H3. The number of aromatic hydroxyl groups is 1. The van der Waals surface area contributed by atoms with Crippen molar-refractivity contribution in [1.29, 1.82) is 0 Å². The molecule has 1 aromatic carbocycles. The monoisotopic (exact) mass is 262 g/mol. The van der Waals surface area contributed by atoms with Crippen LogP contribution in [0, 0.1) is 0 Å². The molecule has 0 unspecified atom stereocenters. The molecule has 1 N–H and O–H groups in total. The maximum Gasteiger partial charge on any atom is 0.161 e. The predicted octanol–water partition coefficient (Wildman–Crippen LogP) is 3.63. The molecule has 0 aromatic heterocycles. The van der Waals surface area contributed by atoms with Gasteiger partial charge in [0.2, 0.25) is 0 Å². The van der Waals surface area contributed by atoms with Gasteiger partial charge in [0.15, 0.2) is 11.5 Å². The van der Waals surface area contributed by atoms with Crippen LogP contribution in [0.2, 0.25) is 0 Å². The minimum absolute atomic E-state index is 0.192. The van der Waals surface area contributed by atoms with Gasteiger partial charge in [0.25, 0.3) is 0 Å². The number of rotatable bonds is 6. The van der Waals surface area contributed by atoms with Crippen molar-refractivity contribution < 1.29 is 14.6 Å². The summed E-state index contributed by atoms with van der Waals surface area (Å²) in [5.74, 6) is 1.03. The average molecular weight is 262 g/mol. The Labute approximate surface area is 114 Å². The first-order valence-electron chi connectivity index (χ1n) is 7.19. The summed E-state index contributed by atoms with van der Waals surface area (Å²) in [7, 11) is 0. The van der Waals surface area contributed by atoms with Crippen molar-refractivity contribution >= 4 is 5.78 Å². The molecule has 0 heterocycles. The summed E-state index contributed by atoms with van der Waals surface area (Å²) in [4.78, 5) is 11.3. The van der Waals surface area contributed by atoms with Crippen LogP contribution in [-0.2, 0) is 11.2 Å². The molecule has 0 atom stereocenters. The van der Waals surface area contributed by atoms with E-state index in [0.717, 1.165) is 18.4 Å². The van der Waals surface area contributed by atoms with Crippen LogP contribution in [0.15, 0.2) is 18.2 Å². The second-order valence-corrected chi connectivity index (χ2v) is 5.22. The molecule has 0 saturated heterocycles. The molecule has 2 rings (SSSR count). The molecular weight excluding hydrogens is 240 g/mol. The zero-order valence-corrected chi connectivity index (χ0v) is 11.5. The Morgan fingerprint density at radius 3 is 2.79 bits per heavy atom. The zero-order valence-electron chi connectivity index (χ0n) is 11.5. The number of Topliss-reactive ketones (excluding diaryl/α,β-unsaturated/α-hetero) is 1. The first-order chi connectivity index (χ1) is 9.19. The molecule has 0 spiro atoms. The lowest BCUT2D eigenvalue weighted by molar-refractivity contribution is -0.118. The largest absolute Gasteiger partial charge is 0.504 e. The lowest BCUT2D eigenvalue weighted by Gasteiger charge is -2.15. The van der Waals surface area contributed by atoms with E-state index in [1.165, 1.54) is 12.8 Å². The van der Waals surface area contributed by atoms with Crippen LogP contribution in [0.4, 0.5) is 0 Å². The number of phenols is 1. The molecule has 1 aromatic rings. The lowest BCUT2D eigenvalue weighted by Crippen LogP contribution is -2.11. The smallest absolute Gasteiger partial charge is 0.161 e. The second-order valence-electron chi connectivity index (χ2n) is 5.22. The lowest BCUT2D eigenvalue weighted by atomic mass is 10.1. The first kappa shape index (κ1) is 13.9. The van der Waals surface area contributed by atoms with Crippen LogP contribution in [-0.4, -0.2) is 17.0 Å². The van der Waals surface area contributed by atoms with E-state index in [0.29, 0.717) is 25.0 Å². The van der Waals surface area contributed by atoms with Crippen LogP contribution in [0.25, 0.3) is 0 Å². The Morgan fingerprint density at radius 1 is 1.37 bits per heavy atom. The van der Waals surface area contributed by atoms with Crippen LogP contribution >= 0.6 is 0 Å². The number of carbonyl (C=O) groups excluding carboxylic acids is 1. The van der Waals surface area contributed by atoms with Gasteiger partial charge in [0, 0.05) is 12.8 Å². The summed E-state index contributed by atoms with van der Waals surface area (Å²) in [6, 6.07) is 5.40. The fourth-order valence-electron chi connectivity index (χ4n) is 2.45. The molecule has 19 heavy (non-hydrogen) atoms. The van der Waals surface area contributed by atoms with Gasteiger partial charge in [-0.05, 0) is 49.8 Å². The number of ether oxygens (including phenoxy) is 1. The van der Waals surface area contributed by atoms with Gasteiger partial charge in [-0.1, -0.05) is 13.0 Å². The number of carbonyl (C=O) groups is 1. The zero-order chi connectivity index (χ0) is 13.7. The molecule has 3 heteroatoms. The number of benzene rings is 1. The molecule has 3 nitrogen and oxygen atoms in total. The highest BCUT2D eigenvalue weighted by Gasteiger charge is 2.18. The summed E-state index contributed by atoms with van der Waals surface area (Å²) >= 11 is 0. The van der Waals surface area contributed by atoms with Gasteiger partial charge in [0.1, 0.15) is 5.78 Å². The third kappa shape index (κ3) is 3.98. The summed E-state index contributed by atoms with van der Waals surface area (Å²) in [5, 5.41) is 9.83. The van der Waals surface area contributed by atoms with Crippen LogP contribution < -0.4 is 4.74 Å². The highest BCUT2D eigenvalue weighted by atomic mass is 16.5. The van der Waals surface area contributed by atoms with Gasteiger partial charge < -0.3 is 9.84 Å². The topological polar surface area (TPSA) is 46.5 Å². The van der Waals surface area contributed by atoms with Crippen LogP contribution in [0.1, 0.15) is 51.0 Å². The van der Waals surface area contributed by atoms with Gasteiger partial charge in [0.05, 0.1) is 6.10 Å². The molecule has 1 fully saturated rings. The van der Waals surface area contributed by atoms with E-state index in [2.05, 4.69) is 0 Å². The third-order valence-corrected chi connectivity index (χ3v) is 3.71. The number of hydrogen-bond donors (Lipinski definition) is 1. The number of hydrogen-bond acceptors (Lipinski definition) is 3. The Morgan fingerprint density at radius 2 is 2.11 bits per heavy atom. The third-order valence-electron chi connectivity index (χ3n) is 3.71. The predicted molar refractivity (Wildman–Crippen MR) is 74.6 cm³/mol. The Kier molecular flexibility index (Phi) is 4.83. The van der Waals surface area contributed by atoms with E-state index in [9.17, 15) is 9.90 Å². The van der Waals surface area contributed by atoms with E-state index in [1.807, 2.05) is 19.1 Å². The average Bonchev–Trinajstić information content (AvgIpc) is 2.92. The maximum atomic E-state index is 11.3. The summed E-state index contributed by atoms with van der Waals surface area (Å²) in [6.45, 7) is 1.88. The van der Waals surface area contributed by atoms with E-state index in [-0.39, 0.29) is 17.6 Å². The Hall–Kier alpha value is -1.51. The fraction of sp³-hybridized carbons (Fsp3) is 0.562. The summed E-state index contributed by atoms with van der Waals surface area (Å²) in [6.07, 6.45) is 6.64. The molecule has 104 valence electrons. The van der Waals surface area contributed by atoms with Gasteiger partial charge in [-0.25, -0.2) is 0 Å². The van der Waals surface area contributed by atoms with Crippen LogP contribution in [0.5, 0.6) is 11.5 Å². The molecule has 1 aliphatic rings. The van der Waals surface area contributed by atoms with Gasteiger partial charge in [-0.2, -0.15) is 0 Å². The van der Waals surface area contributed by atoms with E-state index < -0.39 is 0 Å². The normalized spacial score (nSPS) is 15.6. The molecular formula is C16H22O3. The molecule has 0 amide bonds. The maximum absolute atomic E-state index is 11.3. The molecule has 0 bridgehead atoms. The molecule has 1 saturated carbocycles. The van der Waals surface area contributed by atoms with Crippen LogP contribution in [0.3, 0.4) is 0 Å². The highest BCUT2D eigenvalue weighted by molar-refractivity contribution is 5.78. The number of phenolic OH excluding ortho intramolecular Hbond substituents is 1. The number of aryl methyl sites for hydroxylation is 1. The summed E-state index contributed by atoms with van der Waals surface area (Å²) < 4.78 is 5.84.